The molecule has 4 rings (SSSR count). The number of oxazole rings is 1. The molecule has 3 fully saturated rings. The Bertz CT molecular complexity index is 1270. The smallest absolute Gasteiger partial charge is 0.289 e. The van der Waals surface area contributed by atoms with E-state index in [4.69, 9.17) is 4.42 Å². The molecule has 4 atom stereocenters. The molecule has 0 radical (unpaired) electrons. The van der Waals surface area contributed by atoms with Gasteiger partial charge in [-0.25, -0.2) is 4.98 Å². The number of hydrogen-bond donors (Lipinski definition) is 4. The van der Waals surface area contributed by atoms with E-state index < -0.39 is 47.1 Å². The molecule has 260 valence electrons. The zero-order valence-corrected chi connectivity index (χ0v) is 28.3. The number of ketones is 1. The summed E-state index contributed by atoms with van der Waals surface area (Å²) in [5.74, 6) is -3.55. The van der Waals surface area contributed by atoms with Gasteiger partial charge >= 0.3 is 0 Å². The van der Waals surface area contributed by atoms with Gasteiger partial charge in [-0.1, -0.05) is 59.3 Å². The summed E-state index contributed by atoms with van der Waals surface area (Å²) in [5.41, 5.74) is -0.285. The molecule has 4 N–H and O–H groups in total. The molecule has 0 spiro atoms. The van der Waals surface area contributed by atoms with Crippen molar-refractivity contribution in [3.05, 3.63) is 18.4 Å². The van der Waals surface area contributed by atoms with Crippen LogP contribution in [0.4, 0.5) is 0 Å². The maximum Gasteiger partial charge on any atom is 0.289 e. The number of nitrogens with zero attached hydrogens (tertiary/aromatic N) is 2. The van der Waals surface area contributed by atoms with Crippen LogP contribution in [0.3, 0.4) is 0 Å². The number of nitrogens with one attached hydrogen (secondary N) is 4. The van der Waals surface area contributed by atoms with Gasteiger partial charge in [-0.3, -0.25) is 28.8 Å². The molecule has 13 heteroatoms. The van der Waals surface area contributed by atoms with Crippen molar-refractivity contribution in [3.8, 4) is 0 Å². The van der Waals surface area contributed by atoms with Gasteiger partial charge in [0.2, 0.25) is 29.4 Å². The number of likely N-dealkylation sites (N-methyl/N-ethyl adjacent to an activating group) is 1. The molecule has 5 amide bonds. The molecule has 47 heavy (non-hydrogen) atoms. The molecule has 2 saturated carbocycles. The van der Waals surface area contributed by atoms with Crippen LogP contribution in [0.1, 0.15) is 104 Å². The van der Waals surface area contributed by atoms with E-state index in [1.807, 2.05) is 0 Å². The summed E-state index contributed by atoms with van der Waals surface area (Å²) in [7, 11) is 1.58. The van der Waals surface area contributed by atoms with Crippen molar-refractivity contribution in [2.45, 2.75) is 122 Å². The zero-order chi connectivity index (χ0) is 34.1. The van der Waals surface area contributed by atoms with Gasteiger partial charge in [0.05, 0.1) is 18.3 Å². The lowest BCUT2D eigenvalue weighted by Gasteiger charge is -2.39. The van der Waals surface area contributed by atoms with Crippen LogP contribution in [0.15, 0.2) is 17.1 Å². The lowest BCUT2D eigenvalue weighted by Crippen LogP contribution is -2.60. The highest BCUT2D eigenvalue weighted by molar-refractivity contribution is 6.38. The summed E-state index contributed by atoms with van der Waals surface area (Å²) in [4.78, 5) is 86.1. The number of carbonyl (C=O) groups is 6. The lowest BCUT2D eigenvalue weighted by molar-refractivity contribution is -0.146. The predicted octanol–water partition coefficient (Wildman–Crippen LogP) is 2.39. The first-order valence-corrected chi connectivity index (χ1v) is 17.2. The Morgan fingerprint density at radius 2 is 1.70 bits per heavy atom. The Labute approximate surface area is 277 Å². The number of hydrogen-bond acceptors (Lipinski definition) is 8. The Hall–Kier alpha value is -3.77. The summed E-state index contributed by atoms with van der Waals surface area (Å²) in [6.45, 7) is 5.88. The number of carbonyl (C=O) groups excluding carboxylic acids is 6. The minimum Gasteiger partial charge on any atom is -0.451 e. The summed E-state index contributed by atoms with van der Waals surface area (Å²) >= 11 is 0. The molecular formula is C34H52N6O7. The van der Waals surface area contributed by atoms with Crippen molar-refractivity contribution >= 4 is 35.3 Å². The highest BCUT2D eigenvalue weighted by Gasteiger charge is 2.41. The van der Waals surface area contributed by atoms with E-state index in [-0.39, 0.29) is 42.5 Å². The van der Waals surface area contributed by atoms with Crippen molar-refractivity contribution in [2.24, 2.45) is 23.2 Å². The molecule has 1 aromatic heterocycles. The van der Waals surface area contributed by atoms with E-state index in [1.54, 1.807) is 27.8 Å². The van der Waals surface area contributed by atoms with Crippen LogP contribution in [-0.4, -0.2) is 76.9 Å². The van der Waals surface area contributed by atoms with Gasteiger partial charge in [0.25, 0.3) is 5.91 Å². The Morgan fingerprint density at radius 1 is 0.979 bits per heavy atom. The van der Waals surface area contributed by atoms with Crippen LogP contribution in [0.25, 0.3) is 0 Å². The summed E-state index contributed by atoms with van der Waals surface area (Å²) in [5, 5.41) is 11.1. The van der Waals surface area contributed by atoms with E-state index in [0.29, 0.717) is 31.5 Å². The van der Waals surface area contributed by atoms with Gasteiger partial charge in [0.1, 0.15) is 18.3 Å². The Kier molecular flexibility index (Phi) is 12.6. The summed E-state index contributed by atoms with van der Waals surface area (Å²) in [6.07, 6.45) is 11.6. The molecular weight excluding hydrogens is 604 g/mol. The zero-order valence-electron chi connectivity index (χ0n) is 28.3. The van der Waals surface area contributed by atoms with Gasteiger partial charge in [-0.15, -0.1) is 0 Å². The van der Waals surface area contributed by atoms with Crippen LogP contribution in [-0.2, 0) is 35.3 Å². The highest BCUT2D eigenvalue weighted by atomic mass is 16.3. The quantitative estimate of drug-likeness (QED) is 0.220. The Balaban J connectivity index is 1.55. The average molecular weight is 657 g/mol. The third kappa shape index (κ3) is 9.87. The standard InChI is InChI=1S/C34H52N6O7/c1-34(2,3)33(46)39-27(22-12-6-5-7-13-22)32(45)40(4)26(16-21-10-8-11-21)30(43)38-25(17-23-14-9-15-35-29(23)42)28(41)31(44)36-18-24-19-47-20-37-24/h19-23,25-27H,5-18H2,1-4H3,(H,35,42)(H,36,44)(H,38,43)(H,39,46)/t23-,25-,26-,27+/m0/s1. The van der Waals surface area contributed by atoms with Crippen LogP contribution in [0.5, 0.6) is 0 Å². The topological polar surface area (TPSA) is 180 Å². The van der Waals surface area contributed by atoms with Crippen molar-refractivity contribution in [3.63, 3.8) is 0 Å². The molecule has 13 nitrogen and oxygen atoms in total. The maximum absolute atomic E-state index is 14.3. The predicted molar refractivity (Wildman–Crippen MR) is 172 cm³/mol. The molecule has 1 saturated heterocycles. The fourth-order valence-corrected chi connectivity index (χ4v) is 6.65. The molecule has 0 unspecified atom stereocenters. The van der Waals surface area contributed by atoms with Crippen molar-refractivity contribution in [1.82, 2.24) is 31.2 Å². The van der Waals surface area contributed by atoms with Gasteiger partial charge in [-0.2, -0.15) is 0 Å². The number of rotatable bonds is 14. The van der Waals surface area contributed by atoms with Crippen LogP contribution in [0, 0.1) is 23.2 Å². The van der Waals surface area contributed by atoms with E-state index in [0.717, 1.165) is 51.4 Å². The first-order chi connectivity index (χ1) is 22.3. The van der Waals surface area contributed by atoms with Crippen LogP contribution < -0.4 is 21.3 Å². The minimum atomic E-state index is -1.28. The molecule has 1 aromatic rings. The first kappa shape index (κ1) is 36.1. The largest absolute Gasteiger partial charge is 0.451 e. The average Bonchev–Trinajstić information content (AvgIpc) is 3.55. The minimum absolute atomic E-state index is 0.0456. The summed E-state index contributed by atoms with van der Waals surface area (Å²) < 4.78 is 4.92. The van der Waals surface area contributed by atoms with E-state index in [9.17, 15) is 28.8 Å². The first-order valence-electron chi connectivity index (χ1n) is 17.2. The summed E-state index contributed by atoms with van der Waals surface area (Å²) in [6, 6.07) is -3.00. The fourth-order valence-electron chi connectivity index (χ4n) is 6.65. The third-order valence-electron chi connectivity index (χ3n) is 9.94. The molecule has 3 aliphatic rings. The third-order valence-corrected chi connectivity index (χ3v) is 9.94. The lowest BCUT2D eigenvalue weighted by atomic mass is 9.79. The van der Waals surface area contributed by atoms with E-state index in [2.05, 4.69) is 26.3 Å². The van der Waals surface area contributed by atoms with Gasteiger partial charge in [0, 0.05) is 24.9 Å². The molecule has 0 bridgehead atoms. The normalized spacial score (nSPS) is 20.9. The number of Topliss-reactive ketones (excluding diaryl/α,β-unsaturated/α-hetero) is 1. The second kappa shape index (κ2) is 16.4. The van der Waals surface area contributed by atoms with Crippen molar-refractivity contribution < 1.29 is 33.2 Å². The molecule has 1 aliphatic heterocycles. The molecule has 2 aliphatic carbocycles. The van der Waals surface area contributed by atoms with Crippen LogP contribution >= 0.6 is 0 Å². The SMILES string of the molecule is CN(C(=O)[C@H](NC(=O)C(C)(C)C)C1CCCCC1)[C@@H](CC1CCC1)C(=O)N[C@@H](C[C@@H]1CCCNC1=O)C(=O)C(=O)NCc1cocn1. The second-order valence-electron chi connectivity index (χ2n) is 14.6. The number of aromatic nitrogens is 1. The van der Waals surface area contributed by atoms with Crippen LogP contribution in [0.2, 0.25) is 0 Å². The maximum atomic E-state index is 14.3. The number of amides is 5. The van der Waals surface area contributed by atoms with Crippen molar-refractivity contribution in [1.29, 1.82) is 0 Å². The van der Waals surface area contributed by atoms with E-state index in [1.165, 1.54) is 17.6 Å². The number of piperidine rings is 1. The van der Waals surface area contributed by atoms with Crippen molar-refractivity contribution in [2.75, 3.05) is 13.6 Å². The fraction of sp³-hybridized carbons (Fsp3) is 0.735. The van der Waals surface area contributed by atoms with E-state index >= 15 is 0 Å². The van der Waals surface area contributed by atoms with Gasteiger partial charge in [-0.05, 0) is 50.4 Å². The second-order valence-corrected chi connectivity index (χ2v) is 14.6. The van der Waals surface area contributed by atoms with Gasteiger partial charge in [0.15, 0.2) is 6.39 Å². The monoisotopic (exact) mass is 656 g/mol. The molecule has 2 heterocycles. The Morgan fingerprint density at radius 3 is 2.30 bits per heavy atom. The molecule has 0 aromatic carbocycles. The highest BCUT2D eigenvalue weighted by Crippen LogP contribution is 2.33. The van der Waals surface area contributed by atoms with Gasteiger partial charge < -0.3 is 30.6 Å².